The zero-order valence-electron chi connectivity index (χ0n) is 6.18. The van der Waals surface area contributed by atoms with Gasteiger partial charge in [-0.15, -0.1) is 0 Å². The van der Waals surface area contributed by atoms with Gasteiger partial charge < -0.3 is 0 Å². The highest BCUT2D eigenvalue weighted by Crippen LogP contribution is 2.11. The second-order valence-electron chi connectivity index (χ2n) is 2.30. The highest BCUT2D eigenvalue weighted by molar-refractivity contribution is 9.10. The molecule has 0 atom stereocenters. The molecule has 0 fully saturated rings. The molecule has 0 unspecified atom stereocenters. The Labute approximate surface area is 78.2 Å². The molecule has 12 heavy (non-hydrogen) atoms. The van der Waals surface area contributed by atoms with Crippen LogP contribution in [0.3, 0.4) is 0 Å². The van der Waals surface area contributed by atoms with E-state index < -0.39 is 0 Å². The van der Waals surface area contributed by atoms with E-state index in [1.807, 2.05) is 22.9 Å². The lowest BCUT2D eigenvalue weighted by molar-refractivity contribution is 0.991. The second-order valence-corrected chi connectivity index (χ2v) is 3.22. The number of hydrogen-bond acceptors (Lipinski definition) is 2. The fourth-order valence-electron chi connectivity index (χ4n) is 0.929. The van der Waals surface area contributed by atoms with Crippen LogP contribution in [0, 0.1) is 0 Å². The summed E-state index contributed by atoms with van der Waals surface area (Å²) in [4.78, 5) is 8.11. The van der Waals surface area contributed by atoms with Gasteiger partial charge in [0, 0.05) is 23.1 Å². The summed E-state index contributed by atoms with van der Waals surface area (Å²) < 4.78 is 2.87. The molecule has 0 N–H and O–H groups in total. The monoisotopic (exact) mass is 223 g/mol. The second kappa shape index (κ2) is 3.06. The third-order valence-corrected chi connectivity index (χ3v) is 1.97. The van der Waals surface area contributed by atoms with E-state index in [1.54, 1.807) is 18.7 Å². The number of pyridine rings is 1. The summed E-state index contributed by atoms with van der Waals surface area (Å²) in [5.41, 5.74) is 0. The number of nitrogens with zero attached hydrogens (tertiary/aromatic N) is 3. The molecule has 4 heteroatoms. The van der Waals surface area contributed by atoms with Crippen molar-refractivity contribution in [3.63, 3.8) is 0 Å². The molecule has 0 amide bonds. The molecule has 3 nitrogen and oxygen atoms in total. The molecular formula is C8H6BrN3. The topological polar surface area (TPSA) is 30.7 Å². The van der Waals surface area contributed by atoms with Crippen molar-refractivity contribution in [1.29, 1.82) is 0 Å². The highest BCUT2D eigenvalue weighted by atomic mass is 79.9. The largest absolute Gasteiger partial charge is 0.291 e. The lowest BCUT2D eigenvalue weighted by atomic mass is 10.4. The number of rotatable bonds is 1. The van der Waals surface area contributed by atoms with E-state index in [0.717, 1.165) is 10.3 Å². The average molecular weight is 224 g/mol. The molecule has 0 bridgehead atoms. The average Bonchev–Trinajstić information content (AvgIpc) is 2.56. The molecule has 0 saturated heterocycles. The molecule has 0 spiro atoms. The van der Waals surface area contributed by atoms with Crippen molar-refractivity contribution in [3.8, 4) is 5.82 Å². The minimum atomic E-state index is 0.863. The van der Waals surface area contributed by atoms with Crippen LogP contribution in [0.5, 0.6) is 0 Å². The van der Waals surface area contributed by atoms with Gasteiger partial charge in [-0.1, -0.05) is 15.9 Å². The summed E-state index contributed by atoms with van der Waals surface area (Å²) in [6.07, 6.45) is 7.05. The summed E-state index contributed by atoms with van der Waals surface area (Å²) in [7, 11) is 0. The first-order chi connectivity index (χ1) is 5.86. The van der Waals surface area contributed by atoms with E-state index in [1.165, 1.54) is 0 Å². The minimum absolute atomic E-state index is 0.863. The summed E-state index contributed by atoms with van der Waals surface area (Å²) >= 11 is 3.37. The predicted molar refractivity (Wildman–Crippen MR) is 49.1 cm³/mol. The number of halogens is 1. The van der Waals surface area contributed by atoms with Gasteiger partial charge in [-0.3, -0.25) is 4.57 Å². The van der Waals surface area contributed by atoms with E-state index in [0.29, 0.717) is 0 Å². The molecule has 0 radical (unpaired) electrons. The van der Waals surface area contributed by atoms with Crippen LogP contribution >= 0.6 is 15.9 Å². The fraction of sp³-hybridized carbons (Fsp3) is 0. The molecule has 0 saturated carbocycles. The van der Waals surface area contributed by atoms with Crippen LogP contribution in [0.15, 0.2) is 41.5 Å². The van der Waals surface area contributed by atoms with Gasteiger partial charge in [0.25, 0.3) is 0 Å². The first-order valence-electron chi connectivity index (χ1n) is 3.46. The van der Waals surface area contributed by atoms with E-state index in [9.17, 15) is 0 Å². The van der Waals surface area contributed by atoms with Gasteiger partial charge in [0.05, 0.1) is 0 Å². The summed E-state index contributed by atoms with van der Waals surface area (Å²) in [6, 6.07) is 3.82. The van der Waals surface area contributed by atoms with Gasteiger partial charge in [-0.05, 0) is 12.1 Å². The number of aromatic nitrogens is 3. The Morgan fingerprint density at radius 2 is 2.25 bits per heavy atom. The molecule has 0 aliphatic heterocycles. The summed E-state index contributed by atoms with van der Waals surface area (Å²) in [6.45, 7) is 0. The SMILES string of the molecule is Brc1ccnc(-n2ccnc2)c1. The van der Waals surface area contributed by atoms with Gasteiger partial charge in [0.2, 0.25) is 0 Å². The zero-order chi connectivity index (χ0) is 8.39. The van der Waals surface area contributed by atoms with Crippen molar-refractivity contribution < 1.29 is 0 Å². The van der Waals surface area contributed by atoms with Gasteiger partial charge in [0.15, 0.2) is 0 Å². The van der Waals surface area contributed by atoms with Crippen LogP contribution < -0.4 is 0 Å². The Morgan fingerprint density at radius 1 is 1.33 bits per heavy atom. The molecule has 2 rings (SSSR count). The zero-order valence-corrected chi connectivity index (χ0v) is 7.77. The van der Waals surface area contributed by atoms with E-state index in [-0.39, 0.29) is 0 Å². The van der Waals surface area contributed by atoms with E-state index in [4.69, 9.17) is 0 Å². The normalized spacial score (nSPS) is 10.1. The third-order valence-electron chi connectivity index (χ3n) is 1.48. The number of hydrogen-bond donors (Lipinski definition) is 0. The Balaban J connectivity index is 2.48. The standard InChI is InChI=1S/C8H6BrN3/c9-7-1-2-11-8(5-7)12-4-3-10-6-12/h1-6H. The van der Waals surface area contributed by atoms with E-state index in [2.05, 4.69) is 25.9 Å². The van der Waals surface area contributed by atoms with Crippen molar-refractivity contribution >= 4 is 15.9 Å². The molecule has 0 aliphatic rings. The maximum atomic E-state index is 4.18. The maximum Gasteiger partial charge on any atom is 0.138 e. The fourth-order valence-corrected chi connectivity index (χ4v) is 1.25. The van der Waals surface area contributed by atoms with E-state index >= 15 is 0 Å². The smallest absolute Gasteiger partial charge is 0.138 e. The van der Waals surface area contributed by atoms with Crippen molar-refractivity contribution in [3.05, 3.63) is 41.5 Å². The van der Waals surface area contributed by atoms with Crippen LogP contribution in [-0.2, 0) is 0 Å². The Morgan fingerprint density at radius 3 is 2.92 bits per heavy atom. The van der Waals surface area contributed by atoms with Crippen LogP contribution in [0.25, 0.3) is 5.82 Å². The van der Waals surface area contributed by atoms with Crippen molar-refractivity contribution in [2.75, 3.05) is 0 Å². The molecule has 60 valence electrons. The van der Waals surface area contributed by atoms with Crippen molar-refractivity contribution in [2.45, 2.75) is 0 Å². The Bertz CT molecular complexity index is 370. The number of imidazole rings is 1. The molecular weight excluding hydrogens is 218 g/mol. The van der Waals surface area contributed by atoms with Gasteiger partial charge in [0.1, 0.15) is 12.1 Å². The van der Waals surface area contributed by atoms with Crippen molar-refractivity contribution in [1.82, 2.24) is 14.5 Å². The third kappa shape index (κ3) is 1.38. The summed E-state index contributed by atoms with van der Waals surface area (Å²) in [5, 5.41) is 0. The van der Waals surface area contributed by atoms with Gasteiger partial charge in [-0.2, -0.15) is 0 Å². The van der Waals surface area contributed by atoms with Crippen molar-refractivity contribution in [2.24, 2.45) is 0 Å². The predicted octanol–water partition coefficient (Wildman–Crippen LogP) is 2.03. The minimum Gasteiger partial charge on any atom is -0.291 e. The van der Waals surface area contributed by atoms with Crippen LogP contribution in [0.4, 0.5) is 0 Å². The van der Waals surface area contributed by atoms with Crippen LogP contribution in [-0.4, -0.2) is 14.5 Å². The van der Waals surface area contributed by atoms with Gasteiger partial charge >= 0.3 is 0 Å². The first kappa shape index (κ1) is 7.49. The molecule has 2 aromatic rings. The van der Waals surface area contributed by atoms with Crippen LogP contribution in [0.1, 0.15) is 0 Å². The van der Waals surface area contributed by atoms with Crippen LogP contribution in [0.2, 0.25) is 0 Å². The summed E-state index contributed by atoms with van der Waals surface area (Å²) in [5.74, 6) is 0.863. The first-order valence-corrected chi connectivity index (χ1v) is 4.25. The molecule has 2 aromatic heterocycles. The van der Waals surface area contributed by atoms with Gasteiger partial charge in [-0.25, -0.2) is 9.97 Å². The molecule has 0 aliphatic carbocycles. The molecule has 0 aromatic carbocycles. The quantitative estimate of drug-likeness (QED) is 0.741. The lowest BCUT2D eigenvalue weighted by Crippen LogP contribution is -1.92. The molecule has 2 heterocycles. The highest BCUT2D eigenvalue weighted by Gasteiger charge is 1.95. The lowest BCUT2D eigenvalue weighted by Gasteiger charge is -1.99. The maximum absolute atomic E-state index is 4.18. The Kier molecular flexibility index (Phi) is 1.91. The Hall–Kier alpha value is -1.16.